The highest BCUT2D eigenvalue weighted by Gasteiger charge is 2.50. The Balaban J connectivity index is 1.43. The molecule has 0 saturated carbocycles. The summed E-state index contributed by atoms with van der Waals surface area (Å²) in [4.78, 5) is 13.1. The number of hydrogen-bond donors (Lipinski definition) is 1. The third-order valence-corrected chi connectivity index (χ3v) is 14.6. The summed E-state index contributed by atoms with van der Waals surface area (Å²) < 4.78 is 28.7. The third kappa shape index (κ3) is 6.23. The van der Waals surface area contributed by atoms with Crippen LogP contribution in [0.4, 0.5) is 5.82 Å². The molecular weight excluding hydrogens is 642 g/mol. The van der Waals surface area contributed by atoms with Crippen molar-refractivity contribution in [2.45, 2.75) is 69.9 Å². The fraction of sp³-hybridized carbons (Fsp3) is 0.378. The highest BCUT2D eigenvalue weighted by atomic mass is 35.5. The number of aromatic nitrogens is 4. The molecule has 5 aromatic rings. The number of benzene rings is 3. The Morgan fingerprint density at radius 1 is 0.896 bits per heavy atom. The van der Waals surface area contributed by atoms with Crippen molar-refractivity contribution in [1.29, 1.82) is 0 Å². The number of anilines is 1. The minimum absolute atomic E-state index is 0.0249. The molecule has 1 aliphatic heterocycles. The molecule has 6 rings (SSSR count). The Morgan fingerprint density at radius 2 is 1.48 bits per heavy atom. The highest BCUT2D eigenvalue weighted by Crippen LogP contribution is 2.46. The molecule has 2 aromatic heterocycles. The SMILES string of the molecule is COc1ccc(C(OC[C@H]2O[C@@H](n3cnc4c(N)nc(Cl)nc43)[C@H](O[Si](C)(C)C(C)(C)C)[C@@H]2C)(c2ccccc2)c2ccccc2)cc1. The lowest BCUT2D eigenvalue weighted by Gasteiger charge is -2.40. The molecule has 0 amide bonds. The fourth-order valence-electron chi connectivity index (χ4n) is 6.17. The van der Waals surface area contributed by atoms with Crippen LogP contribution in [-0.2, 0) is 19.5 Å². The maximum absolute atomic E-state index is 7.25. The molecule has 0 unspecified atom stereocenters. The minimum Gasteiger partial charge on any atom is -0.497 e. The number of nitrogens with zero attached hydrogens (tertiary/aromatic N) is 4. The molecule has 4 atom stereocenters. The van der Waals surface area contributed by atoms with E-state index in [2.05, 4.69) is 92.1 Å². The predicted molar refractivity (Wildman–Crippen MR) is 192 cm³/mol. The topological polar surface area (TPSA) is 107 Å². The zero-order valence-corrected chi connectivity index (χ0v) is 30.3. The molecule has 0 aliphatic carbocycles. The molecule has 3 aromatic carbocycles. The number of imidazole rings is 1. The zero-order chi connectivity index (χ0) is 34.3. The van der Waals surface area contributed by atoms with E-state index in [0.717, 1.165) is 22.4 Å². The van der Waals surface area contributed by atoms with Gasteiger partial charge in [0.1, 0.15) is 16.9 Å². The number of hydrogen-bond acceptors (Lipinski definition) is 8. The van der Waals surface area contributed by atoms with Gasteiger partial charge in [-0.25, -0.2) is 4.98 Å². The van der Waals surface area contributed by atoms with Gasteiger partial charge in [0.2, 0.25) is 5.28 Å². The van der Waals surface area contributed by atoms with Gasteiger partial charge < -0.3 is 24.4 Å². The van der Waals surface area contributed by atoms with Crippen LogP contribution in [-0.4, -0.2) is 53.8 Å². The van der Waals surface area contributed by atoms with E-state index in [1.165, 1.54) is 0 Å². The Labute approximate surface area is 288 Å². The quantitative estimate of drug-likeness (QED) is 0.0896. The lowest BCUT2D eigenvalue weighted by atomic mass is 9.80. The summed E-state index contributed by atoms with van der Waals surface area (Å²) in [6.07, 6.45) is 0.462. The van der Waals surface area contributed by atoms with E-state index >= 15 is 0 Å². The van der Waals surface area contributed by atoms with E-state index < -0.39 is 20.1 Å². The molecule has 0 radical (unpaired) electrons. The minimum atomic E-state index is -2.26. The van der Waals surface area contributed by atoms with Crippen molar-refractivity contribution in [2.24, 2.45) is 5.92 Å². The van der Waals surface area contributed by atoms with Crippen LogP contribution in [0.25, 0.3) is 11.2 Å². The van der Waals surface area contributed by atoms with Crippen LogP contribution >= 0.6 is 11.6 Å². The summed E-state index contributed by atoms with van der Waals surface area (Å²) in [7, 11) is -0.592. The van der Waals surface area contributed by atoms with Gasteiger partial charge >= 0.3 is 0 Å². The highest BCUT2D eigenvalue weighted by molar-refractivity contribution is 6.74. The molecule has 1 saturated heterocycles. The summed E-state index contributed by atoms with van der Waals surface area (Å²) in [6.45, 7) is 13.7. The van der Waals surface area contributed by atoms with Gasteiger partial charge in [-0.05, 0) is 58.6 Å². The van der Waals surface area contributed by atoms with E-state index in [4.69, 9.17) is 36.0 Å². The van der Waals surface area contributed by atoms with Gasteiger partial charge in [0.05, 0.1) is 32.3 Å². The molecule has 1 aliphatic rings. The largest absolute Gasteiger partial charge is 0.497 e. The molecule has 9 nitrogen and oxygen atoms in total. The summed E-state index contributed by atoms with van der Waals surface area (Å²) in [5.74, 6) is 0.926. The summed E-state index contributed by atoms with van der Waals surface area (Å²) in [5, 5.41) is 0.0210. The number of ether oxygens (including phenoxy) is 3. The van der Waals surface area contributed by atoms with Gasteiger partial charge in [-0.1, -0.05) is 100 Å². The first-order valence-corrected chi connectivity index (χ1v) is 19.5. The molecule has 11 heteroatoms. The average Bonchev–Trinajstić information content (AvgIpc) is 3.62. The number of fused-ring (bicyclic) bond motifs is 1. The Kier molecular flexibility index (Phi) is 9.40. The van der Waals surface area contributed by atoms with Crippen molar-refractivity contribution in [1.82, 2.24) is 19.5 Å². The molecule has 3 heterocycles. The van der Waals surface area contributed by atoms with Crippen molar-refractivity contribution in [3.05, 3.63) is 113 Å². The summed E-state index contributed by atoms with van der Waals surface area (Å²) in [5.41, 5.74) is 9.18. The van der Waals surface area contributed by atoms with Gasteiger partial charge in [-0.3, -0.25) is 4.57 Å². The van der Waals surface area contributed by atoms with E-state index in [1.54, 1.807) is 13.4 Å². The van der Waals surface area contributed by atoms with E-state index in [0.29, 0.717) is 11.2 Å². The van der Waals surface area contributed by atoms with Crippen molar-refractivity contribution < 1.29 is 18.6 Å². The first-order chi connectivity index (χ1) is 22.9. The number of halogens is 1. The van der Waals surface area contributed by atoms with Crippen LogP contribution in [0.2, 0.25) is 23.4 Å². The molecule has 48 heavy (non-hydrogen) atoms. The average molecular weight is 686 g/mol. The number of nitrogen functional groups attached to an aromatic ring is 1. The van der Waals surface area contributed by atoms with Crippen LogP contribution < -0.4 is 10.5 Å². The summed E-state index contributed by atoms with van der Waals surface area (Å²) >= 11 is 6.28. The molecule has 1 fully saturated rings. The molecular formula is C37H44ClN5O4Si. The lowest BCUT2D eigenvalue weighted by Crippen LogP contribution is -2.47. The number of nitrogens with two attached hydrogens (primary N) is 1. The van der Waals surface area contributed by atoms with Crippen LogP contribution in [0.5, 0.6) is 5.75 Å². The third-order valence-electron chi connectivity index (χ3n) is 9.95. The first-order valence-electron chi connectivity index (χ1n) is 16.2. The Bertz CT molecular complexity index is 1810. The monoisotopic (exact) mass is 685 g/mol. The number of methoxy groups -OCH3 is 1. The Morgan fingerprint density at radius 3 is 2.04 bits per heavy atom. The van der Waals surface area contributed by atoms with E-state index in [-0.39, 0.29) is 40.9 Å². The van der Waals surface area contributed by atoms with Crippen molar-refractivity contribution >= 4 is 36.9 Å². The van der Waals surface area contributed by atoms with Crippen molar-refractivity contribution in [2.75, 3.05) is 19.5 Å². The molecule has 0 bridgehead atoms. The molecule has 2 N–H and O–H groups in total. The molecule has 0 spiro atoms. The maximum Gasteiger partial charge on any atom is 0.226 e. The number of rotatable bonds is 10. The Hall–Kier alpha value is -3.80. The van der Waals surface area contributed by atoms with Gasteiger partial charge in [0, 0.05) is 5.92 Å². The van der Waals surface area contributed by atoms with Crippen LogP contribution in [0.1, 0.15) is 50.6 Å². The zero-order valence-electron chi connectivity index (χ0n) is 28.6. The van der Waals surface area contributed by atoms with Gasteiger partial charge in [0.25, 0.3) is 0 Å². The normalized spacial score (nSPS) is 20.3. The van der Waals surface area contributed by atoms with Gasteiger partial charge in [-0.2, -0.15) is 9.97 Å². The lowest BCUT2D eigenvalue weighted by molar-refractivity contribution is -0.0870. The molecule has 252 valence electrons. The second-order valence-corrected chi connectivity index (χ2v) is 19.0. The van der Waals surface area contributed by atoms with Crippen LogP contribution in [0.3, 0.4) is 0 Å². The van der Waals surface area contributed by atoms with Gasteiger partial charge in [0.15, 0.2) is 26.0 Å². The second-order valence-electron chi connectivity index (χ2n) is 13.9. The second kappa shape index (κ2) is 13.2. The fourth-order valence-corrected chi connectivity index (χ4v) is 7.71. The predicted octanol–water partition coefficient (Wildman–Crippen LogP) is 8.00. The van der Waals surface area contributed by atoms with Crippen LogP contribution in [0.15, 0.2) is 91.3 Å². The van der Waals surface area contributed by atoms with E-state index in [9.17, 15) is 0 Å². The van der Waals surface area contributed by atoms with Crippen molar-refractivity contribution in [3.63, 3.8) is 0 Å². The van der Waals surface area contributed by atoms with E-state index in [1.807, 2.05) is 53.1 Å². The maximum atomic E-state index is 7.25. The standard InChI is InChI=1S/C37H44ClN5O4Si/c1-24-29(46-34(31(24)47-48(6,7)36(2,3)4)43-23-40-30-32(39)41-35(38)42-33(30)43)22-45-37(25-14-10-8-11-15-25,26-16-12-9-13-17-26)27-18-20-28(44-5)21-19-27/h8-21,23-24,29,31,34H,22H2,1-7H3,(H2,39,41,42)/t24-,29-,31-,34-/m1/s1. The first kappa shape index (κ1) is 34.1. The van der Waals surface area contributed by atoms with Crippen molar-refractivity contribution in [3.8, 4) is 5.75 Å². The van der Waals surface area contributed by atoms with Crippen LogP contribution in [0, 0.1) is 5.92 Å². The summed E-state index contributed by atoms with van der Waals surface area (Å²) in [6, 6.07) is 28.7. The smallest absolute Gasteiger partial charge is 0.226 e. The van der Waals surface area contributed by atoms with Gasteiger partial charge in [-0.15, -0.1) is 0 Å².